The fraction of sp³-hybridized carbons (Fsp3) is 0.500. The molecule has 0 aromatic heterocycles. The minimum absolute atomic E-state index is 0.600. The van der Waals surface area contributed by atoms with Crippen LogP contribution >= 0.6 is 12.2 Å². The van der Waals surface area contributed by atoms with Crippen molar-refractivity contribution in [1.82, 2.24) is 21.5 Å². The van der Waals surface area contributed by atoms with E-state index in [1.807, 2.05) is 7.05 Å². The van der Waals surface area contributed by atoms with Crippen LogP contribution in [0, 0.1) is 0 Å². The van der Waals surface area contributed by atoms with E-state index < -0.39 is 0 Å². The lowest BCUT2D eigenvalue weighted by molar-refractivity contribution is 0.226. The third-order valence-corrected chi connectivity index (χ3v) is 0.800. The van der Waals surface area contributed by atoms with E-state index in [-0.39, 0.29) is 0 Å². The van der Waals surface area contributed by atoms with Crippen LogP contribution in [-0.2, 0) is 0 Å². The average molecular weight is 118 g/mol. The molecule has 4 nitrogen and oxygen atoms in total. The first-order chi connectivity index (χ1) is 3.29. The van der Waals surface area contributed by atoms with E-state index in [0.717, 1.165) is 0 Å². The van der Waals surface area contributed by atoms with Crippen molar-refractivity contribution in [2.75, 3.05) is 7.05 Å². The first kappa shape index (κ1) is 4.76. The highest BCUT2D eigenvalue weighted by Gasteiger charge is 2.05. The molecule has 0 unspecified atom stereocenters. The second kappa shape index (κ2) is 1.61. The van der Waals surface area contributed by atoms with Gasteiger partial charge >= 0.3 is 0 Å². The second-order valence-electron chi connectivity index (χ2n) is 1.24. The fourth-order valence-electron chi connectivity index (χ4n) is 0.343. The summed E-state index contributed by atoms with van der Waals surface area (Å²) in [6, 6.07) is 0. The van der Waals surface area contributed by atoms with Crippen LogP contribution in [-0.4, -0.2) is 17.3 Å². The highest BCUT2D eigenvalue weighted by Crippen LogP contribution is 1.72. The van der Waals surface area contributed by atoms with Gasteiger partial charge in [-0.25, -0.2) is 0 Å². The zero-order valence-electron chi connectivity index (χ0n) is 3.86. The minimum Gasteiger partial charge on any atom is -0.282 e. The van der Waals surface area contributed by atoms with Crippen molar-refractivity contribution in [2.45, 2.75) is 0 Å². The maximum absolute atomic E-state index is 4.67. The third-order valence-electron chi connectivity index (χ3n) is 0.606. The molecule has 7 heavy (non-hydrogen) atoms. The fourth-order valence-corrected chi connectivity index (χ4v) is 0.525. The molecule has 0 radical (unpaired) electrons. The molecule has 40 valence electrons. The van der Waals surface area contributed by atoms with E-state index in [1.165, 1.54) is 0 Å². The van der Waals surface area contributed by atoms with E-state index in [1.54, 1.807) is 5.12 Å². The van der Waals surface area contributed by atoms with Crippen molar-refractivity contribution in [3.05, 3.63) is 0 Å². The highest BCUT2D eigenvalue weighted by atomic mass is 32.1. The lowest BCUT2D eigenvalue weighted by Gasteiger charge is -2.01. The summed E-state index contributed by atoms with van der Waals surface area (Å²) >= 11 is 4.67. The summed E-state index contributed by atoms with van der Waals surface area (Å²) in [5.41, 5.74) is 8.12. The molecule has 3 N–H and O–H groups in total. The first-order valence-electron chi connectivity index (χ1n) is 1.85. The van der Waals surface area contributed by atoms with Gasteiger partial charge in [-0.05, 0) is 12.2 Å². The van der Waals surface area contributed by atoms with Crippen molar-refractivity contribution < 1.29 is 0 Å². The molecule has 0 spiro atoms. The molecule has 1 rings (SSSR count). The van der Waals surface area contributed by atoms with Gasteiger partial charge in [0.15, 0.2) is 5.11 Å². The van der Waals surface area contributed by atoms with E-state index in [2.05, 4.69) is 28.6 Å². The lowest BCUT2D eigenvalue weighted by atomic mass is 11.2. The number of nitrogens with zero attached hydrogens (tertiary/aromatic N) is 1. The zero-order chi connectivity index (χ0) is 5.28. The van der Waals surface area contributed by atoms with Gasteiger partial charge in [0.2, 0.25) is 0 Å². The Bertz CT molecular complexity index is 91.7. The van der Waals surface area contributed by atoms with Gasteiger partial charge in [-0.15, -0.1) is 10.7 Å². The van der Waals surface area contributed by atoms with Gasteiger partial charge in [-0.2, -0.15) is 0 Å². The number of hydrogen-bond donors (Lipinski definition) is 3. The number of thiocarbonyl (C=S) groups is 1. The highest BCUT2D eigenvalue weighted by molar-refractivity contribution is 7.80. The molecule has 0 aromatic rings. The average Bonchev–Trinajstić information content (AvgIpc) is 1.87. The maximum atomic E-state index is 4.67. The predicted molar refractivity (Wildman–Crippen MR) is 29.8 cm³/mol. The topological polar surface area (TPSA) is 39.3 Å². The Kier molecular flexibility index (Phi) is 1.09. The molecule has 0 atom stereocenters. The van der Waals surface area contributed by atoms with Gasteiger partial charge in [0.05, 0.1) is 0 Å². The minimum atomic E-state index is 0.600. The quantitative estimate of drug-likeness (QED) is 0.346. The summed E-state index contributed by atoms with van der Waals surface area (Å²) in [4.78, 5) is 0. The van der Waals surface area contributed by atoms with Crippen molar-refractivity contribution in [3.8, 4) is 0 Å². The van der Waals surface area contributed by atoms with Gasteiger partial charge in [0, 0.05) is 7.05 Å². The van der Waals surface area contributed by atoms with Crippen LogP contribution in [0.5, 0.6) is 0 Å². The third kappa shape index (κ3) is 0.986. The van der Waals surface area contributed by atoms with Gasteiger partial charge in [-0.1, -0.05) is 0 Å². The number of hydrazine groups is 3. The second-order valence-corrected chi connectivity index (χ2v) is 1.64. The van der Waals surface area contributed by atoms with Crippen LogP contribution in [0.2, 0.25) is 0 Å². The van der Waals surface area contributed by atoms with Crippen LogP contribution in [0.3, 0.4) is 0 Å². The molecule has 1 aliphatic rings. The monoisotopic (exact) mass is 118 g/mol. The molecule has 0 saturated carbocycles. The Morgan fingerprint density at radius 2 is 2.43 bits per heavy atom. The SMILES string of the molecule is CN1NNC(=S)N1. The molecule has 0 bridgehead atoms. The van der Waals surface area contributed by atoms with E-state index in [9.17, 15) is 0 Å². The molecular weight excluding hydrogens is 112 g/mol. The van der Waals surface area contributed by atoms with Crippen molar-refractivity contribution in [2.24, 2.45) is 0 Å². The maximum Gasteiger partial charge on any atom is 0.197 e. The molecule has 1 aliphatic heterocycles. The zero-order valence-corrected chi connectivity index (χ0v) is 4.67. The van der Waals surface area contributed by atoms with Crippen LogP contribution in [0.1, 0.15) is 0 Å². The summed E-state index contributed by atoms with van der Waals surface area (Å²) in [7, 11) is 1.81. The van der Waals surface area contributed by atoms with Crippen molar-refractivity contribution in [1.29, 1.82) is 0 Å². The van der Waals surface area contributed by atoms with Crippen LogP contribution < -0.4 is 16.4 Å². The molecular formula is C2H6N4S. The van der Waals surface area contributed by atoms with E-state index >= 15 is 0 Å². The van der Waals surface area contributed by atoms with Crippen LogP contribution in [0.4, 0.5) is 0 Å². The Hall–Kier alpha value is -0.390. The summed E-state index contributed by atoms with van der Waals surface area (Å²) in [6.07, 6.45) is 0. The Morgan fingerprint density at radius 1 is 1.71 bits per heavy atom. The van der Waals surface area contributed by atoms with E-state index in [4.69, 9.17) is 0 Å². The molecule has 1 saturated heterocycles. The standard InChI is InChI=1S/C2H6N4S/c1-6-4-2(7)3-5-6/h5H,1H3,(H2,3,4,7). The summed E-state index contributed by atoms with van der Waals surface area (Å²) in [6.45, 7) is 0. The smallest absolute Gasteiger partial charge is 0.197 e. The normalized spacial score (nSPS) is 21.6. The largest absolute Gasteiger partial charge is 0.282 e. The Labute approximate surface area is 46.8 Å². The van der Waals surface area contributed by atoms with Crippen molar-refractivity contribution >= 4 is 17.3 Å². The predicted octanol–water partition coefficient (Wildman–Crippen LogP) is -1.27. The van der Waals surface area contributed by atoms with Gasteiger partial charge in [-0.3, -0.25) is 10.9 Å². The molecule has 1 fully saturated rings. The summed E-state index contributed by atoms with van der Waals surface area (Å²) in [5, 5.41) is 2.23. The lowest BCUT2D eigenvalue weighted by Crippen LogP contribution is -2.35. The number of nitrogens with one attached hydrogen (secondary N) is 3. The molecule has 0 aromatic carbocycles. The van der Waals surface area contributed by atoms with Gasteiger partial charge < -0.3 is 0 Å². The Morgan fingerprint density at radius 3 is 2.57 bits per heavy atom. The number of hydrogen-bond acceptors (Lipinski definition) is 3. The number of rotatable bonds is 0. The van der Waals surface area contributed by atoms with Crippen molar-refractivity contribution in [3.63, 3.8) is 0 Å². The van der Waals surface area contributed by atoms with Crippen LogP contribution in [0.25, 0.3) is 0 Å². The molecule has 5 heteroatoms. The first-order valence-corrected chi connectivity index (χ1v) is 2.26. The summed E-state index contributed by atoms with van der Waals surface area (Å²) < 4.78 is 0. The van der Waals surface area contributed by atoms with E-state index in [0.29, 0.717) is 5.11 Å². The van der Waals surface area contributed by atoms with Gasteiger partial charge in [0.25, 0.3) is 0 Å². The van der Waals surface area contributed by atoms with Crippen LogP contribution in [0.15, 0.2) is 0 Å². The Balaban J connectivity index is 2.40. The molecule has 0 aliphatic carbocycles. The molecule has 0 amide bonds. The molecule has 1 heterocycles. The summed E-state index contributed by atoms with van der Waals surface area (Å²) in [5.74, 6) is 0. The van der Waals surface area contributed by atoms with Gasteiger partial charge in [0.1, 0.15) is 0 Å².